The van der Waals surface area contributed by atoms with E-state index in [1.807, 2.05) is 20.8 Å². The summed E-state index contributed by atoms with van der Waals surface area (Å²) in [5, 5.41) is 3.09. The normalized spacial score (nSPS) is 11.3. The summed E-state index contributed by atoms with van der Waals surface area (Å²) in [7, 11) is 0. The zero-order chi connectivity index (χ0) is 15.9. The molecule has 1 aromatic carbocycles. The Balaban J connectivity index is 2.89. The highest BCUT2D eigenvalue weighted by atomic mass is 19.4. The highest BCUT2D eigenvalue weighted by Crippen LogP contribution is 2.36. The van der Waals surface area contributed by atoms with E-state index in [9.17, 15) is 13.2 Å². The molecule has 0 spiro atoms. The van der Waals surface area contributed by atoms with Crippen LogP contribution in [0.1, 0.15) is 38.3 Å². The predicted molar refractivity (Wildman–Crippen MR) is 78.4 cm³/mol. The molecule has 0 aromatic heterocycles. The van der Waals surface area contributed by atoms with Gasteiger partial charge in [-0.3, -0.25) is 0 Å². The predicted octanol–water partition coefficient (Wildman–Crippen LogP) is 4.55. The second-order valence-electron chi connectivity index (χ2n) is 5.10. The summed E-state index contributed by atoms with van der Waals surface area (Å²) >= 11 is 0. The monoisotopic (exact) mass is 301 g/mol. The molecule has 0 unspecified atom stereocenters. The van der Waals surface area contributed by atoms with Crippen LogP contribution >= 0.6 is 0 Å². The lowest BCUT2D eigenvalue weighted by atomic mass is 10.1. The van der Waals surface area contributed by atoms with Crippen molar-refractivity contribution in [3.63, 3.8) is 0 Å². The fraction of sp³-hybridized carbons (Fsp3) is 0.500. The molecule has 0 fully saturated rings. The Morgan fingerprint density at radius 2 is 2.00 bits per heavy atom. The van der Waals surface area contributed by atoms with E-state index in [2.05, 4.69) is 5.32 Å². The minimum atomic E-state index is -4.42. The van der Waals surface area contributed by atoms with Gasteiger partial charge < -0.3 is 10.1 Å². The van der Waals surface area contributed by atoms with Gasteiger partial charge in [0.2, 0.25) is 0 Å². The van der Waals surface area contributed by atoms with Crippen LogP contribution in [0.2, 0.25) is 0 Å². The third-order valence-electron chi connectivity index (χ3n) is 2.84. The Kier molecular flexibility index (Phi) is 6.75. The molecule has 0 aliphatic carbocycles. The standard InChI is InChI=1S/C16H22F3NO/c1-4-8-20-11-13-5-6-15(21-9-7-12(2)3)14(10-13)16(17,18)19/h5-7,10,20H,4,8-9,11H2,1-3H3. The molecule has 1 rings (SSSR count). The zero-order valence-electron chi connectivity index (χ0n) is 12.7. The van der Waals surface area contributed by atoms with Crippen LogP contribution in [-0.4, -0.2) is 13.2 Å². The number of ether oxygens (including phenoxy) is 1. The van der Waals surface area contributed by atoms with Gasteiger partial charge in [0.05, 0.1) is 5.56 Å². The van der Waals surface area contributed by atoms with E-state index in [4.69, 9.17) is 4.74 Å². The van der Waals surface area contributed by atoms with Gasteiger partial charge in [-0.15, -0.1) is 0 Å². The third-order valence-corrected chi connectivity index (χ3v) is 2.84. The summed E-state index contributed by atoms with van der Waals surface area (Å²) in [6.45, 7) is 7.09. The topological polar surface area (TPSA) is 21.3 Å². The smallest absolute Gasteiger partial charge is 0.419 e. The largest absolute Gasteiger partial charge is 0.489 e. The summed E-state index contributed by atoms with van der Waals surface area (Å²) in [4.78, 5) is 0. The van der Waals surface area contributed by atoms with Crippen molar-refractivity contribution in [2.24, 2.45) is 0 Å². The van der Waals surface area contributed by atoms with Gasteiger partial charge in [0, 0.05) is 6.54 Å². The van der Waals surface area contributed by atoms with Crippen LogP contribution in [0.25, 0.3) is 0 Å². The number of hydrogen-bond donors (Lipinski definition) is 1. The molecule has 0 aliphatic rings. The summed E-state index contributed by atoms with van der Waals surface area (Å²) < 4.78 is 44.5. The number of allylic oxidation sites excluding steroid dienone is 1. The van der Waals surface area contributed by atoms with Crippen LogP contribution in [0.15, 0.2) is 29.8 Å². The van der Waals surface area contributed by atoms with E-state index in [0.29, 0.717) is 12.1 Å². The molecule has 0 radical (unpaired) electrons. The molecule has 1 N–H and O–H groups in total. The molecule has 5 heteroatoms. The molecular formula is C16H22F3NO. The summed E-state index contributed by atoms with van der Waals surface area (Å²) in [5.74, 6) is -0.126. The average Bonchev–Trinajstić information content (AvgIpc) is 2.38. The molecular weight excluding hydrogens is 279 g/mol. The lowest BCUT2D eigenvalue weighted by Gasteiger charge is -2.15. The maximum Gasteiger partial charge on any atom is 0.419 e. The first-order chi connectivity index (χ1) is 9.84. The molecule has 2 nitrogen and oxygen atoms in total. The second-order valence-corrected chi connectivity index (χ2v) is 5.10. The minimum Gasteiger partial charge on any atom is -0.489 e. The highest BCUT2D eigenvalue weighted by molar-refractivity contribution is 5.39. The van der Waals surface area contributed by atoms with Crippen molar-refractivity contribution in [1.29, 1.82) is 0 Å². The van der Waals surface area contributed by atoms with Crippen molar-refractivity contribution in [2.45, 2.75) is 39.9 Å². The molecule has 0 atom stereocenters. The summed E-state index contributed by atoms with van der Waals surface area (Å²) in [5.41, 5.74) is 0.884. The summed E-state index contributed by atoms with van der Waals surface area (Å²) in [6.07, 6.45) is -1.73. The van der Waals surface area contributed by atoms with E-state index >= 15 is 0 Å². The van der Waals surface area contributed by atoms with Crippen molar-refractivity contribution < 1.29 is 17.9 Å². The van der Waals surface area contributed by atoms with Crippen LogP contribution in [0.3, 0.4) is 0 Å². The zero-order valence-corrected chi connectivity index (χ0v) is 12.7. The number of hydrogen-bond acceptors (Lipinski definition) is 2. The van der Waals surface area contributed by atoms with E-state index in [-0.39, 0.29) is 12.4 Å². The van der Waals surface area contributed by atoms with Crippen LogP contribution in [-0.2, 0) is 12.7 Å². The summed E-state index contributed by atoms with van der Waals surface area (Å²) in [6, 6.07) is 4.21. The maximum absolute atomic E-state index is 13.1. The van der Waals surface area contributed by atoms with Gasteiger partial charge in [-0.2, -0.15) is 13.2 Å². The first-order valence-electron chi connectivity index (χ1n) is 7.01. The van der Waals surface area contributed by atoms with Crippen LogP contribution < -0.4 is 10.1 Å². The Morgan fingerprint density at radius 3 is 2.57 bits per heavy atom. The Bertz CT molecular complexity index is 477. The van der Waals surface area contributed by atoms with Crippen LogP contribution in [0, 0.1) is 0 Å². The molecule has 0 saturated carbocycles. The lowest BCUT2D eigenvalue weighted by molar-refractivity contribution is -0.138. The van der Waals surface area contributed by atoms with E-state index in [1.165, 1.54) is 6.07 Å². The van der Waals surface area contributed by atoms with Gasteiger partial charge in [0.25, 0.3) is 0 Å². The molecule has 0 bridgehead atoms. The molecule has 21 heavy (non-hydrogen) atoms. The number of halogens is 3. The molecule has 0 amide bonds. The van der Waals surface area contributed by atoms with Crippen molar-refractivity contribution >= 4 is 0 Å². The molecule has 0 heterocycles. The van der Waals surface area contributed by atoms with Gasteiger partial charge in [-0.25, -0.2) is 0 Å². The van der Waals surface area contributed by atoms with Crippen molar-refractivity contribution in [3.05, 3.63) is 41.0 Å². The second kappa shape index (κ2) is 8.08. The molecule has 1 aromatic rings. The van der Waals surface area contributed by atoms with E-state index < -0.39 is 11.7 Å². The minimum absolute atomic E-state index is 0.126. The average molecular weight is 301 g/mol. The number of alkyl halides is 3. The van der Waals surface area contributed by atoms with Crippen LogP contribution in [0.5, 0.6) is 5.75 Å². The quantitative estimate of drug-likeness (QED) is 0.589. The first-order valence-corrected chi connectivity index (χ1v) is 7.01. The third kappa shape index (κ3) is 6.21. The molecule has 0 aliphatic heterocycles. The number of nitrogens with one attached hydrogen (secondary N) is 1. The van der Waals surface area contributed by atoms with Crippen molar-refractivity contribution in [2.75, 3.05) is 13.2 Å². The van der Waals surface area contributed by atoms with Gasteiger partial charge in [0.15, 0.2) is 0 Å². The van der Waals surface area contributed by atoms with Crippen molar-refractivity contribution in [3.8, 4) is 5.75 Å². The number of rotatable bonds is 7. The Labute approximate surface area is 124 Å². The van der Waals surface area contributed by atoms with E-state index in [0.717, 1.165) is 24.6 Å². The van der Waals surface area contributed by atoms with Gasteiger partial charge in [-0.1, -0.05) is 18.6 Å². The van der Waals surface area contributed by atoms with Gasteiger partial charge in [0.1, 0.15) is 12.4 Å². The Hall–Kier alpha value is -1.49. The van der Waals surface area contributed by atoms with E-state index in [1.54, 1.807) is 12.1 Å². The first kappa shape index (κ1) is 17.6. The molecule has 118 valence electrons. The fourth-order valence-corrected chi connectivity index (χ4v) is 1.74. The number of benzene rings is 1. The highest BCUT2D eigenvalue weighted by Gasteiger charge is 2.34. The van der Waals surface area contributed by atoms with Gasteiger partial charge in [-0.05, 0) is 50.6 Å². The SMILES string of the molecule is CCCNCc1ccc(OCC=C(C)C)c(C(F)(F)F)c1. The maximum atomic E-state index is 13.1. The fourth-order valence-electron chi connectivity index (χ4n) is 1.74. The van der Waals surface area contributed by atoms with Gasteiger partial charge >= 0.3 is 6.18 Å². The lowest BCUT2D eigenvalue weighted by Crippen LogP contribution is -2.15. The Morgan fingerprint density at radius 1 is 1.29 bits per heavy atom. The van der Waals surface area contributed by atoms with Crippen molar-refractivity contribution in [1.82, 2.24) is 5.32 Å². The molecule has 0 saturated heterocycles. The van der Waals surface area contributed by atoms with Crippen LogP contribution in [0.4, 0.5) is 13.2 Å².